The van der Waals surface area contributed by atoms with E-state index in [1.165, 1.54) is 11.6 Å². The molecule has 0 spiro atoms. The van der Waals surface area contributed by atoms with Gasteiger partial charge in [-0.25, -0.2) is 4.39 Å². The van der Waals surface area contributed by atoms with Crippen LogP contribution < -0.4 is 10.6 Å². The highest BCUT2D eigenvalue weighted by Crippen LogP contribution is 2.32. The highest BCUT2D eigenvalue weighted by atomic mass is 35.5. The molecule has 0 aliphatic rings. The van der Waals surface area contributed by atoms with Gasteiger partial charge in [-0.1, -0.05) is 35.4 Å². The van der Waals surface area contributed by atoms with Gasteiger partial charge in [0.15, 0.2) is 0 Å². The monoisotopic (exact) mass is 306 g/mol. The molecule has 0 amide bonds. The van der Waals surface area contributed by atoms with E-state index in [1.54, 1.807) is 12.1 Å². The normalized spacial score (nSPS) is 12.2. The average molecular weight is 307 g/mol. The molecule has 0 bridgehead atoms. The van der Waals surface area contributed by atoms with Gasteiger partial charge in [0.25, 0.3) is 0 Å². The predicted octanol–water partition coefficient (Wildman–Crippen LogP) is 4.31. The molecule has 2 N–H and O–H groups in total. The van der Waals surface area contributed by atoms with Gasteiger partial charge in [0.1, 0.15) is 5.82 Å². The summed E-state index contributed by atoms with van der Waals surface area (Å²) in [6.45, 7) is 5.07. The van der Waals surface area contributed by atoms with Crippen molar-refractivity contribution in [3.63, 3.8) is 0 Å². The van der Waals surface area contributed by atoms with Crippen molar-refractivity contribution in [2.24, 2.45) is 5.73 Å². The first kappa shape index (κ1) is 15.8. The molecule has 2 aromatic carbocycles. The standard InChI is InChI=1S/C17H20ClFN2/c1-3-21(13-9-7-12(2)8-10-13)16(11-20)17-14(18)5-4-6-15(17)19/h4-10,16H,3,11,20H2,1-2H3. The fourth-order valence-corrected chi connectivity index (χ4v) is 2.84. The fraction of sp³-hybridized carbons (Fsp3) is 0.294. The van der Waals surface area contributed by atoms with Crippen molar-refractivity contribution in [3.05, 3.63) is 64.4 Å². The molecule has 0 aliphatic heterocycles. The summed E-state index contributed by atoms with van der Waals surface area (Å²) in [4.78, 5) is 2.07. The van der Waals surface area contributed by atoms with Crippen molar-refractivity contribution < 1.29 is 4.39 Å². The summed E-state index contributed by atoms with van der Waals surface area (Å²) in [6.07, 6.45) is 0. The summed E-state index contributed by atoms with van der Waals surface area (Å²) < 4.78 is 14.2. The van der Waals surface area contributed by atoms with Gasteiger partial charge in [-0.3, -0.25) is 0 Å². The smallest absolute Gasteiger partial charge is 0.130 e. The highest BCUT2D eigenvalue weighted by Gasteiger charge is 2.23. The molecular formula is C17H20ClFN2. The maximum Gasteiger partial charge on any atom is 0.130 e. The van der Waals surface area contributed by atoms with E-state index in [2.05, 4.69) is 4.90 Å². The molecule has 2 rings (SSSR count). The molecule has 0 saturated heterocycles. The lowest BCUT2D eigenvalue weighted by molar-refractivity contribution is 0.562. The van der Waals surface area contributed by atoms with Crippen molar-refractivity contribution in [3.8, 4) is 0 Å². The number of hydrogen-bond acceptors (Lipinski definition) is 2. The average Bonchev–Trinajstić information content (AvgIpc) is 2.47. The number of halogens is 2. The number of anilines is 1. The van der Waals surface area contributed by atoms with E-state index in [9.17, 15) is 4.39 Å². The molecule has 0 aliphatic carbocycles. The van der Waals surface area contributed by atoms with Gasteiger partial charge in [0.05, 0.1) is 6.04 Å². The minimum atomic E-state index is -0.316. The number of likely N-dealkylation sites (N-methyl/N-ethyl adjacent to an activating group) is 1. The Balaban J connectivity index is 2.45. The maximum atomic E-state index is 14.2. The van der Waals surface area contributed by atoms with E-state index in [-0.39, 0.29) is 11.9 Å². The minimum Gasteiger partial charge on any atom is -0.363 e. The van der Waals surface area contributed by atoms with Crippen LogP contribution >= 0.6 is 11.6 Å². The van der Waals surface area contributed by atoms with Crippen LogP contribution in [0.2, 0.25) is 5.02 Å². The van der Waals surface area contributed by atoms with Crippen LogP contribution in [-0.4, -0.2) is 13.1 Å². The van der Waals surface area contributed by atoms with Crippen molar-refractivity contribution >= 4 is 17.3 Å². The number of benzene rings is 2. The van der Waals surface area contributed by atoms with E-state index < -0.39 is 0 Å². The first-order chi connectivity index (χ1) is 10.1. The topological polar surface area (TPSA) is 29.3 Å². The summed E-state index contributed by atoms with van der Waals surface area (Å²) in [5.41, 5.74) is 8.58. The zero-order valence-corrected chi connectivity index (χ0v) is 13.1. The summed E-state index contributed by atoms with van der Waals surface area (Å²) in [5.74, 6) is -0.316. The lowest BCUT2D eigenvalue weighted by atomic mass is 10.0. The maximum absolute atomic E-state index is 14.2. The fourth-order valence-electron chi connectivity index (χ4n) is 2.55. The van der Waals surface area contributed by atoms with Crippen LogP contribution in [0, 0.1) is 12.7 Å². The quantitative estimate of drug-likeness (QED) is 0.891. The van der Waals surface area contributed by atoms with Crippen molar-refractivity contribution in [1.29, 1.82) is 0 Å². The molecule has 0 fully saturated rings. The zero-order chi connectivity index (χ0) is 15.4. The molecule has 21 heavy (non-hydrogen) atoms. The molecule has 0 heterocycles. The Morgan fingerprint density at radius 1 is 1.19 bits per heavy atom. The largest absolute Gasteiger partial charge is 0.363 e. The molecule has 2 aromatic rings. The predicted molar refractivity (Wildman–Crippen MR) is 87.4 cm³/mol. The van der Waals surface area contributed by atoms with Gasteiger partial charge in [0.2, 0.25) is 0 Å². The van der Waals surface area contributed by atoms with Crippen LogP contribution in [-0.2, 0) is 0 Å². The second kappa shape index (κ2) is 6.92. The Labute approximate surface area is 130 Å². The molecule has 0 aromatic heterocycles. The number of nitrogens with zero attached hydrogens (tertiary/aromatic N) is 1. The SMILES string of the molecule is CCN(c1ccc(C)cc1)C(CN)c1c(F)cccc1Cl. The molecule has 1 unspecified atom stereocenters. The second-order valence-corrected chi connectivity index (χ2v) is 5.42. The second-order valence-electron chi connectivity index (χ2n) is 5.01. The summed E-state index contributed by atoms with van der Waals surface area (Å²) in [6, 6.07) is 12.6. The molecule has 0 radical (unpaired) electrons. The van der Waals surface area contributed by atoms with Crippen molar-refractivity contribution in [1.82, 2.24) is 0 Å². The lowest BCUT2D eigenvalue weighted by Crippen LogP contribution is -2.34. The number of aryl methyl sites for hydroxylation is 1. The van der Waals surface area contributed by atoms with Crippen LogP contribution in [0.4, 0.5) is 10.1 Å². The van der Waals surface area contributed by atoms with E-state index in [0.29, 0.717) is 17.1 Å². The van der Waals surface area contributed by atoms with Crippen LogP contribution in [0.5, 0.6) is 0 Å². The third kappa shape index (κ3) is 3.36. The van der Waals surface area contributed by atoms with Crippen LogP contribution in [0.3, 0.4) is 0 Å². The Morgan fingerprint density at radius 2 is 1.86 bits per heavy atom. The highest BCUT2D eigenvalue weighted by molar-refractivity contribution is 6.31. The lowest BCUT2D eigenvalue weighted by Gasteiger charge is -2.33. The molecule has 112 valence electrons. The Morgan fingerprint density at radius 3 is 2.38 bits per heavy atom. The van der Waals surface area contributed by atoms with E-state index in [4.69, 9.17) is 17.3 Å². The van der Waals surface area contributed by atoms with Crippen molar-refractivity contribution in [2.45, 2.75) is 19.9 Å². The van der Waals surface area contributed by atoms with Gasteiger partial charge in [0, 0.05) is 29.4 Å². The zero-order valence-electron chi connectivity index (χ0n) is 12.3. The molecular weight excluding hydrogens is 287 g/mol. The molecule has 2 nitrogen and oxygen atoms in total. The summed E-state index contributed by atoms with van der Waals surface area (Å²) in [5, 5.41) is 0.413. The van der Waals surface area contributed by atoms with Crippen LogP contribution in [0.25, 0.3) is 0 Å². The van der Waals surface area contributed by atoms with E-state index in [1.807, 2.05) is 38.1 Å². The summed E-state index contributed by atoms with van der Waals surface area (Å²) in [7, 11) is 0. The first-order valence-corrected chi connectivity index (χ1v) is 7.43. The van der Waals surface area contributed by atoms with Gasteiger partial charge < -0.3 is 10.6 Å². The summed E-state index contributed by atoms with van der Waals surface area (Å²) >= 11 is 6.19. The van der Waals surface area contributed by atoms with Gasteiger partial charge in [-0.05, 0) is 38.1 Å². The number of rotatable bonds is 5. The Bertz CT molecular complexity index is 578. The Hall–Kier alpha value is -1.58. The Kier molecular flexibility index (Phi) is 5.21. The molecule has 0 saturated carbocycles. The van der Waals surface area contributed by atoms with Gasteiger partial charge in [-0.15, -0.1) is 0 Å². The van der Waals surface area contributed by atoms with Crippen LogP contribution in [0.1, 0.15) is 24.1 Å². The molecule has 1 atom stereocenters. The van der Waals surface area contributed by atoms with Gasteiger partial charge >= 0.3 is 0 Å². The van der Waals surface area contributed by atoms with E-state index >= 15 is 0 Å². The van der Waals surface area contributed by atoms with E-state index in [0.717, 1.165) is 12.2 Å². The first-order valence-electron chi connectivity index (χ1n) is 7.05. The third-order valence-corrected chi connectivity index (χ3v) is 3.97. The number of nitrogens with two attached hydrogens (primary N) is 1. The van der Waals surface area contributed by atoms with Crippen molar-refractivity contribution in [2.75, 3.05) is 18.0 Å². The van der Waals surface area contributed by atoms with Gasteiger partial charge in [-0.2, -0.15) is 0 Å². The minimum absolute atomic E-state index is 0.286. The van der Waals surface area contributed by atoms with Crippen LogP contribution in [0.15, 0.2) is 42.5 Å². The number of hydrogen-bond donors (Lipinski definition) is 1. The molecule has 4 heteroatoms. The third-order valence-electron chi connectivity index (χ3n) is 3.64.